The molecule has 0 radical (unpaired) electrons. The largest absolute Gasteiger partial charge is 0.301 e. The summed E-state index contributed by atoms with van der Waals surface area (Å²) in [6.07, 6.45) is 11.8. The molecule has 5 aliphatic rings. The average Bonchev–Trinajstić information content (AvgIpc) is 2.97. The minimum Gasteiger partial charge on any atom is -0.301 e. The highest BCUT2D eigenvalue weighted by Crippen LogP contribution is 2.55. The van der Waals surface area contributed by atoms with E-state index in [0.717, 1.165) is 47.5 Å². The second-order valence-electron chi connectivity index (χ2n) is 15.3. The Balaban J connectivity index is 0.000000215. The Kier molecular flexibility index (Phi) is 14.4. The first-order valence-electron chi connectivity index (χ1n) is 18.3. The highest BCUT2D eigenvalue weighted by Gasteiger charge is 2.48. The van der Waals surface area contributed by atoms with E-state index >= 15 is 0 Å². The standard InChI is InChI=1S/C19H36N2.C15H31N3.C2H6/c1-15(2)17-5-7-19(8-6-17)13-18(14-19)21-11-9-20(10-12-21)16(3)4;1-13(2)16-7-5-15(6-8-16)18-11-9-17(10-12-18)14(3)4;1-2/h15-18H,5-14H2,1-4H3;13-15H,5-12H2,1-4H3;1-2H3. The first kappa shape index (κ1) is 35.3. The maximum Gasteiger partial charge on any atom is 0.0121 e. The minimum atomic E-state index is 0.718. The lowest BCUT2D eigenvalue weighted by Crippen LogP contribution is -2.58. The van der Waals surface area contributed by atoms with Crippen LogP contribution in [0.3, 0.4) is 0 Å². The van der Waals surface area contributed by atoms with Crippen molar-refractivity contribution in [2.24, 2.45) is 17.3 Å². The van der Waals surface area contributed by atoms with Crippen molar-refractivity contribution >= 4 is 0 Å². The molecule has 0 N–H and O–H groups in total. The zero-order valence-electron chi connectivity index (χ0n) is 29.5. The van der Waals surface area contributed by atoms with Crippen molar-refractivity contribution in [3.63, 3.8) is 0 Å². The first-order chi connectivity index (χ1) is 19.6. The van der Waals surface area contributed by atoms with Crippen LogP contribution in [-0.4, -0.2) is 120 Å². The molecule has 2 saturated carbocycles. The van der Waals surface area contributed by atoms with E-state index in [4.69, 9.17) is 0 Å². The highest BCUT2D eigenvalue weighted by molar-refractivity contribution is 5.01. The van der Waals surface area contributed by atoms with Gasteiger partial charge in [0.2, 0.25) is 0 Å². The fourth-order valence-corrected chi connectivity index (χ4v) is 8.53. The van der Waals surface area contributed by atoms with Gasteiger partial charge in [0.15, 0.2) is 0 Å². The summed E-state index contributed by atoms with van der Waals surface area (Å²) in [6, 6.07) is 3.95. The van der Waals surface area contributed by atoms with Crippen LogP contribution >= 0.6 is 0 Å². The van der Waals surface area contributed by atoms with Gasteiger partial charge in [0.25, 0.3) is 0 Å². The van der Waals surface area contributed by atoms with Crippen LogP contribution < -0.4 is 0 Å². The van der Waals surface area contributed by atoms with E-state index in [1.54, 1.807) is 0 Å². The SMILES string of the molecule is CC.CC(C)C1CCC2(CC1)CC(N1CCN(C(C)C)CC1)C2.CC(C)N1CCC(N2CCN(C(C)C)CC2)CC1. The third-order valence-corrected chi connectivity index (χ3v) is 11.8. The molecule has 5 nitrogen and oxygen atoms in total. The van der Waals surface area contributed by atoms with Crippen molar-refractivity contribution in [3.05, 3.63) is 0 Å². The maximum atomic E-state index is 2.80. The quantitative estimate of drug-likeness (QED) is 0.341. The zero-order chi connectivity index (χ0) is 30.2. The average molecular weight is 576 g/mol. The van der Waals surface area contributed by atoms with Gasteiger partial charge in [-0.05, 0) is 123 Å². The van der Waals surface area contributed by atoms with Gasteiger partial charge in [0.05, 0.1) is 0 Å². The molecule has 0 amide bonds. The summed E-state index contributed by atoms with van der Waals surface area (Å²) in [4.78, 5) is 13.4. The van der Waals surface area contributed by atoms with E-state index in [9.17, 15) is 0 Å². The molecule has 2 aliphatic carbocycles. The Morgan fingerprint density at radius 2 is 0.829 bits per heavy atom. The van der Waals surface area contributed by atoms with Crippen molar-refractivity contribution in [1.29, 1.82) is 0 Å². The normalized spacial score (nSPS) is 31.8. The van der Waals surface area contributed by atoms with E-state index in [-0.39, 0.29) is 0 Å². The predicted octanol–water partition coefficient (Wildman–Crippen LogP) is 6.92. The Morgan fingerprint density at radius 1 is 0.463 bits per heavy atom. The molecule has 242 valence electrons. The van der Waals surface area contributed by atoms with Crippen molar-refractivity contribution in [1.82, 2.24) is 24.5 Å². The number of nitrogens with zero attached hydrogens (tertiary/aromatic N) is 5. The van der Waals surface area contributed by atoms with Gasteiger partial charge in [-0.1, -0.05) is 27.7 Å². The van der Waals surface area contributed by atoms with Gasteiger partial charge < -0.3 is 4.90 Å². The second kappa shape index (κ2) is 16.8. The molecule has 3 saturated heterocycles. The number of rotatable bonds is 6. The molecule has 1 spiro atoms. The molecule has 5 fully saturated rings. The van der Waals surface area contributed by atoms with Gasteiger partial charge in [0.1, 0.15) is 0 Å². The molecule has 0 unspecified atom stereocenters. The van der Waals surface area contributed by atoms with Gasteiger partial charge >= 0.3 is 0 Å². The number of piperidine rings is 1. The summed E-state index contributed by atoms with van der Waals surface area (Å²) in [5.41, 5.74) is 0.769. The van der Waals surface area contributed by atoms with Gasteiger partial charge in [-0.3, -0.25) is 19.6 Å². The fraction of sp³-hybridized carbons (Fsp3) is 1.00. The summed E-state index contributed by atoms with van der Waals surface area (Å²) in [7, 11) is 0. The smallest absolute Gasteiger partial charge is 0.0121 e. The lowest BCUT2D eigenvalue weighted by atomic mass is 9.55. The van der Waals surface area contributed by atoms with Crippen LogP contribution in [0.5, 0.6) is 0 Å². The maximum absolute atomic E-state index is 2.80. The zero-order valence-corrected chi connectivity index (χ0v) is 29.5. The van der Waals surface area contributed by atoms with Gasteiger partial charge in [-0.15, -0.1) is 0 Å². The Morgan fingerprint density at radius 3 is 1.20 bits per heavy atom. The van der Waals surface area contributed by atoms with E-state index < -0.39 is 0 Å². The summed E-state index contributed by atoms with van der Waals surface area (Å²) in [6.45, 7) is 35.7. The molecule has 5 heteroatoms. The molecule has 0 atom stereocenters. The summed E-state index contributed by atoms with van der Waals surface area (Å²) in [5.74, 6) is 1.92. The van der Waals surface area contributed by atoms with Crippen molar-refractivity contribution in [2.45, 2.75) is 151 Å². The third-order valence-electron chi connectivity index (χ3n) is 11.8. The Bertz CT molecular complexity index is 655. The van der Waals surface area contributed by atoms with Gasteiger partial charge in [-0.25, -0.2) is 0 Å². The third kappa shape index (κ3) is 9.90. The van der Waals surface area contributed by atoms with Gasteiger partial charge in [0, 0.05) is 82.6 Å². The highest BCUT2D eigenvalue weighted by atomic mass is 15.3. The predicted molar refractivity (Wildman–Crippen MR) is 180 cm³/mol. The van der Waals surface area contributed by atoms with Crippen molar-refractivity contribution < 1.29 is 0 Å². The molecule has 0 aromatic carbocycles. The number of likely N-dealkylation sites (tertiary alicyclic amines) is 1. The van der Waals surface area contributed by atoms with Crippen LogP contribution in [0, 0.1) is 17.3 Å². The van der Waals surface area contributed by atoms with Crippen LogP contribution in [0.25, 0.3) is 0 Å². The Labute approximate surface area is 257 Å². The van der Waals surface area contributed by atoms with Crippen molar-refractivity contribution in [2.75, 3.05) is 65.4 Å². The van der Waals surface area contributed by atoms with E-state index in [2.05, 4.69) is 79.9 Å². The fourth-order valence-electron chi connectivity index (χ4n) is 8.53. The molecule has 3 aliphatic heterocycles. The van der Waals surface area contributed by atoms with Crippen LogP contribution in [-0.2, 0) is 0 Å². The van der Waals surface area contributed by atoms with Gasteiger partial charge in [-0.2, -0.15) is 0 Å². The Hall–Kier alpha value is -0.200. The van der Waals surface area contributed by atoms with E-state index in [0.29, 0.717) is 0 Å². The van der Waals surface area contributed by atoms with Crippen LogP contribution in [0.1, 0.15) is 121 Å². The monoisotopic (exact) mass is 576 g/mol. The van der Waals surface area contributed by atoms with Crippen LogP contribution in [0.2, 0.25) is 0 Å². The van der Waals surface area contributed by atoms with Crippen LogP contribution in [0.4, 0.5) is 0 Å². The molecular formula is C36H73N5. The first-order valence-corrected chi connectivity index (χ1v) is 18.3. The van der Waals surface area contributed by atoms with Crippen LogP contribution in [0.15, 0.2) is 0 Å². The lowest BCUT2D eigenvalue weighted by molar-refractivity contribution is -0.0545. The summed E-state index contributed by atoms with van der Waals surface area (Å²) in [5, 5.41) is 0. The topological polar surface area (TPSA) is 16.2 Å². The molecule has 41 heavy (non-hydrogen) atoms. The molecule has 3 heterocycles. The molecule has 0 aromatic heterocycles. The second-order valence-corrected chi connectivity index (χ2v) is 15.3. The molecule has 0 aromatic rings. The van der Waals surface area contributed by atoms with E-state index in [1.807, 2.05) is 13.8 Å². The summed E-state index contributed by atoms with van der Waals surface area (Å²) >= 11 is 0. The number of hydrogen-bond acceptors (Lipinski definition) is 5. The minimum absolute atomic E-state index is 0.718. The molecular weight excluding hydrogens is 502 g/mol. The molecule has 0 bridgehead atoms. The lowest BCUT2D eigenvalue weighted by Gasteiger charge is -2.56. The molecule has 5 rings (SSSR count). The summed E-state index contributed by atoms with van der Waals surface area (Å²) < 4.78 is 0. The number of hydrogen-bond donors (Lipinski definition) is 0. The van der Waals surface area contributed by atoms with Crippen molar-refractivity contribution in [3.8, 4) is 0 Å². The number of piperazine rings is 2. The van der Waals surface area contributed by atoms with E-state index in [1.165, 1.54) is 117 Å².